The topological polar surface area (TPSA) is 84.9 Å². The monoisotopic (exact) mass is 177 g/mol. The van der Waals surface area contributed by atoms with Crippen molar-refractivity contribution in [2.24, 2.45) is 0 Å². The van der Waals surface area contributed by atoms with Crippen LogP contribution in [0, 0.1) is 0 Å². The zero-order chi connectivity index (χ0) is 9.56. The molecule has 0 aromatic heterocycles. The second kappa shape index (κ2) is 5.36. The summed E-state index contributed by atoms with van der Waals surface area (Å²) >= 11 is 0. The quantitative estimate of drug-likeness (QED) is 0.533. The molecular formula is C6H11NO5. The predicted octanol–water partition coefficient (Wildman–Crippen LogP) is -1.12. The summed E-state index contributed by atoms with van der Waals surface area (Å²) in [4.78, 5) is 21.3. The van der Waals surface area contributed by atoms with E-state index in [-0.39, 0.29) is 0 Å². The Labute approximate surface area is 69.5 Å². The molecule has 1 atom stereocenters. The summed E-state index contributed by atoms with van der Waals surface area (Å²) in [6, 6.07) is -1.07. The molecule has 0 aliphatic rings. The van der Waals surface area contributed by atoms with Crippen LogP contribution in [-0.4, -0.2) is 44.0 Å². The number of carbonyl (C=O) groups excluding carboxylic acids is 2. The SMILES string of the molecule is COC(=O)N[C@@H](CO)C(=O)OC. The Morgan fingerprint density at radius 2 is 2.00 bits per heavy atom. The number of carbonyl (C=O) groups is 2. The number of hydrogen-bond donors (Lipinski definition) is 2. The molecule has 0 aliphatic heterocycles. The smallest absolute Gasteiger partial charge is 0.407 e. The first-order chi connectivity index (χ1) is 5.65. The number of esters is 1. The van der Waals surface area contributed by atoms with E-state index >= 15 is 0 Å². The molecule has 0 fully saturated rings. The number of hydrogen-bond acceptors (Lipinski definition) is 5. The van der Waals surface area contributed by atoms with E-state index in [2.05, 4.69) is 14.8 Å². The van der Waals surface area contributed by atoms with Gasteiger partial charge in [0.25, 0.3) is 0 Å². The predicted molar refractivity (Wildman–Crippen MR) is 38.4 cm³/mol. The van der Waals surface area contributed by atoms with E-state index in [1.54, 1.807) is 0 Å². The highest BCUT2D eigenvalue weighted by molar-refractivity contribution is 5.81. The first-order valence-electron chi connectivity index (χ1n) is 3.18. The molecule has 70 valence electrons. The van der Waals surface area contributed by atoms with Crippen molar-refractivity contribution in [3.05, 3.63) is 0 Å². The van der Waals surface area contributed by atoms with Crippen molar-refractivity contribution >= 4 is 12.1 Å². The van der Waals surface area contributed by atoms with E-state index in [0.29, 0.717) is 0 Å². The fraction of sp³-hybridized carbons (Fsp3) is 0.667. The van der Waals surface area contributed by atoms with Crippen molar-refractivity contribution in [2.45, 2.75) is 6.04 Å². The van der Waals surface area contributed by atoms with E-state index in [4.69, 9.17) is 5.11 Å². The Morgan fingerprint density at radius 1 is 1.42 bits per heavy atom. The van der Waals surface area contributed by atoms with Gasteiger partial charge in [-0.1, -0.05) is 0 Å². The number of aliphatic hydroxyl groups is 1. The lowest BCUT2D eigenvalue weighted by Gasteiger charge is -2.11. The Balaban J connectivity index is 3.99. The highest BCUT2D eigenvalue weighted by atomic mass is 16.5. The average molecular weight is 177 g/mol. The molecule has 0 heterocycles. The van der Waals surface area contributed by atoms with Crippen molar-refractivity contribution in [1.82, 2.24) is 5.32 Å². The molecule has 0 rings (SSSR count). The van der Waals surface area contributed by atoms with Crippen molar-refractivity contribution in [2.75, 3.05) is 20.8 Å². The highest BCUT2D eigenvalue weighted by Crippen LogP contribution is 1.87. The number of ether oxygens (including phenoxy) is 2. The number of aliphatic hydroxyl groups excluding tert-OH is 1. The summed E-state index contributed by atoms with van der Waals surface area (Å²) in [5.74, 6) is -0.720. The van der Waals surface area contributed by atoms with Gasteiger partial charge in [0.1, 0.15) is 0 Å². The maximum absolute atomic E-state index is 10.7. The maximum atomic E-state index is 10.7. The normalized spacial score (nSPS) is 11.6. The molecule has 0 aromatic rings. The lowest BCUT2D eigenvalue weighted by atomic mass is 10.3. The second-order valence-corrected chi connectivity index (χ2v) is 1.89. The van der Waals surface area contributed by atoms with Crippen LogP contribution >= 0.6 is 0 Å². The minimum Gasteiger partial charge on any atom is -0.467 e. The van der Waals surface area contributed by atoms with Crippen LogP contribution in [0.15, 0.2) is 0 Å². The van der Waals surface area contributed by atoms with Crippen LogP contribution in [0.3, 0.4) is 0 Å². The minimum absolute atomic E-state index is 0.526. The van der Waals surface area contributed by atoms with Crippen LogP contribution in [0.5, 0.6) is 0 Å². The fourth-order valence-corrected chi connectivity index (χ4v) is 0.523. The molecule has 6 nitrogen and oxygen atoms in total. The largest absolute Gasteiger partial charge is 0.467 e. The third kappa shape index (κ3) is 3.20. The minimum atomic E-state index is -1.07. The van der Waals surface area contributed by atoms with Gasteiger partial charge in [-0.15, -0.1) is 0 Å². The van der Waals surface area contributed by atoms with Crippen LogP contribution in [0.25, 0.3) is 0 Å². The molecule has 0 aliphatic carbocycles. The van der Waals surface area contributed by atoms with Crippen LogP contribution in [-0.2, 0) is 14.3 Å². The Kier molecular flexibility index (Phi) is 4.78. The number of rotatable bonds is 3. The molecular weight excluding hydrogens is 166 g/mol. The van der Waals surface area contributed by atoms with Crippen molar-refractivity contribution in [3.63, 3.8) is 0 Å². The Bertz CT molecular complexity index is 169. The van der Waals surface area contributed by atoms with Gasteiger partial charge in [-0.2, -0.15) is 0 Å². The van der Waals surface area contributed by atoms with Gasteiger partial charge in [0.15, 0.2) is 6.04 Å². The number of amides is 1. The number of alkyl carbamates (subject to hydrolysis) is 1. The summed E-state index contributed by atoms with van der Waals surface area (Å²) in [7, 11) is 2.31. The lowest BCUT2D eigenvalue weighted by molar-refractivity contribution is -0.143. The van der Waals surface area contributed by atoms with Crippen molar-refractivity contribution in [3.8, 4) is 0 Å². The molecule has 0 saturated carbocycles. The summed E-state index contributed by atoms with van der Waals surface area (Å²) in [6.45, 7) is -0.526. The third-order valence-corrected chi connectivity index (χ3v) is 1.15. The van der Waals surface area contributed by atoms with Gasteiger partial charge < -0.3 is 19.9 Å². The maximum Gasteiger partial charge on any atom is 0.407 e. The Hall–Kier alpha value is -1.30. The number of nitrogens with one attached hydrogen (secondary N) is 1. The lowest BCUT2D eigenvalue weighted by Crippen LogP contribution is -2.43. The summed E-state index contributed by atoms with van der Waals surface area (Å²) in [5.41, 5.74) is 0. The Morgan fingerprint density at radius 3 is 2.33 bits per heavy atom. The van der Waals surface area contributed by atoms with Crippen LogP contribution < -0.4 is 5.32 Å². The second-order valence-electron chi connectivity index (χ2n) is 1.89. The van der Waals surface area contributed by atoms with E-state index in [9.17, 15) is 9.59 Å². The standard InChI is InChI=1S/C6H11NO5/c1-11-5(9)4(3-8)7-6(10)12-2/h4,8H,3H2,1-2H3,(H,7,10)/t4-/m0/s1. The molecule has 0 aromatic carbocycles. The van der Waals surface area contributed by atoms with Gasteiger partial charge in [-0.25, -0.2) is 9.59 Å². The average Bonchev–Trinajstić information content (AvgIpc) is 2.12. The van der Waals surface area contributed by atoms with Gasteiger partial charge >= 0.3 is 12.1 Å². The third-order valence-electron chi connectivity index (χ3n) is 1.15. The van der Waals surface area contributed by atoms with E-state index in [1.807, 2.05) is 0 Å². The van der Waals surface area contributed by atoms with E-state index < -0.39 is 24.7 Å². The van der Waals surface area contributed by atoms with Gasteiger partial charge in [-0.05, 0) is 0 Å². The molecule has 0 bridgehead atoms. The first kappa shape index (κ1) is 10.7. The summed E-state index contributed by atoms with van der Waals surface area (Å²) < 4.78 is 8.49. The first-order valence-corrected chi connectivity index (χ1v) is 3.18. The zero-order valence-electron chi connectivity index (χ0n) is 6.86. The van der Waals surface area contributed by atoms with Gasteiger partial charge in [0, 0.05) is 0 Å². The van der Waals surface area contributed by atoms with E-state index in [1.165, 1.54) is 0 Å². The number of methoxy groups -OCH3 is 2. The molecule has 1 amide bonds. The van der Waals surface area contributed by atoms with Crippen molar-refractivity contribution in [1.29, 1.82) is 0 Å². The molecule has 0 saturated heterocycles. The molecule has 0 spiro atoms. The fourth-order valence-electron chi connectivity index (χ4n) is 0.523. The van der Waals surface area contributed by atoms with Crippen LogP contribution in [0.1, 0.15) is 0 Å². The molecule has 2 N–H and O–H groups in total. The molecule has 0 radical (unpaired) electrons. The van der Waals surface area contributed by atoms with Gasteiger partial charge in [0.05, 0.1) is 20.8 Å². The van der Waals surface area contributed by atoms with Gasteiger partial charge in [0.2, 0.25) is 0 Å². The van der Waals surface area contributed by atoms with Crippen LogP contribution in [0.4, 0.5) is 4.79 Å². The van der Waals surface area contributed by atoms with Gasteiger partial charge in [-0.3, -0.25) is 0 Å². The highest BCUT2D eigenvalue weighted by Gasteiger charge is 2.20. The van der Waals surface area contributed by atoms with E-state index in [0.717, 1.165) is 14.2 Å². The zero-order valence-corrected chi connectivity index (χ0v) is 6.86. The summed E-state index contributed by atoms with van der Waals surface area (Å²) in [5, 5.41) is 10.7. The summed E-state index contributed by atoms with van der Waals surface area (Å²) in [6.07, 6.45) is -0.792. The van der Waals surface area contributed by atoms with Crippen molar-refractivity contribution < 1.29 is 24.2 Å². The molecule has 6 heteroatoms. The molecule has 0 unspecified atom stereocenters. The van der Waals surface area contributed by atoms with Crippen LogP contribution in [0.2, 0.25) is 0 Å². The molecule has 12 heavy (non-hydrogen) atoms.